The average molecular weight is 152 g/mol. The lowest BCUT2D eigenvalue weighted by atomic mass is 9.81. The summed E-state index contributed by atoms with van der Waals surface area (Å²) in [5, 5.41) is 0. The van der Waals surface area contributed by atoms with E-state index in [0.717, 1.165) is 44.7 Å². The number of carbonyl (C=O) groups excluding carboxylic acids is 2. The number of aldehydes is 2. The van der Waals surface area contributed by atoms with Gasteiger partial charge in [0.25, 0.3) is 0 Å². The molecule has 0 heterocycles. The molecule has 11 heavy (non-hydrogen) atoms. The van der Waals surface area contributed by atoms with Gasteiger partial charge < -0.3 is 9.59 Å². The van der Waals surface area contributed by atoms with Gasteiger partial charge in [-0.05, 0) is 19.3 Å². The molecular weight excluding hydrogens is 140 g/mol. The van der Waals surface area contributed by atoms with Gasteiger partial charge in [0, 0.05) is 10.8 Å². The number of fused-ring (bicyclic) bond motifs is 1. The number of hydrogen-bond donors (Lipinski definition) is 0. The van der Waals surface area contributed by atoms with E-state index < -0.39 is 0 Å². The van der Waals surface area contributed by atoms with E-state index in [9.17, 15) is 9.59 Å². The second-order valence-electron chi connectivity index (χ2n) is 3.93. The third-order valence-electron chi connectivity index (χ3n) is 3.44. The first kappa shape index (κ1) is 7.01. The van der Waals surface area contributed by atoms with Gasteiger partial charge in [0.1, 0.15) is 12.6 Å². The molecule has 0 amide bonds. The van der Waals surface area contributed by atoms with Crippen molar-refractivity contribution in [1.29, 1.82) is 0 Å². The van der Waals surface area contributed by atoms with Crippen molar-refractivity contribution in [2.24, 2.45) is 10.8 Å². The Morgan fingerprint density at radius 1 is 0.909 bits per heavy atom. The zero-order valence-electron chi connectivity index (χ0n) is 6.51. The van der Waals surface area contributed by atoms with Gasteiger partial charge in [0.15, 0.2) is 0 Å². The van der Waals surface area contributed by atoms with Crippen LogP contribution in [0.2, 0.25) is 0 Å². The average Bonchev–Trinajstić information content (AvgIpc) is 2.75. The number of hydrogen-bond acceptors (Lipinski definition) is 2. The molecule has 2 unspecified atom stereocenters. The molecule has 2 aliphatic carbocycles. The van der Waals surface area contributed by atoms with Crippen molar-refractivity contribution in [3.05, 3.63) is 0 Å². The Balaban J connectivity index is 2.25. The smallest absolute Gasteiger partial charge is 0.127 e. The van der Waals surface area contributed by atoms with E-state index in [1.807, 2.05) is 0 Å². The van der Waals surface area contributed by atoms with Crippen molar-refractivity contribution < 1.29 is 9.59 Å². The van der Waals surface area contributed by atoms with Crippen LogP contribution >= 0.6 is 0 Å². The second-order valence-corrected chi connectivity index (χ2v) is 3.93. The molecule has 0 spiro atoms. The molecule has 60 valence electrons. The maximum atomic E-state index is 10.7. The molecule has 0 aromatic heterocycles. The minimum Gasteiger partial charge on any atom is -0.303 e. The van der Waals surface area contributed by atoms with E-state index in [1.165, 1.54) is 0 Å². The largest absolute Gasteiger partial charge is 0.303 e. The lowest BCUT2D eigenvalue weighted by Crippen LogP contribution is -2.21. The monoisotopic (exact) mass is 152 g/mol. The van der Waals surface area contributed by atoms with E-state index in [0.29, 0.717) is 0 Å². The van der Waals surface area contributed by atoms with Crippen molar-refractivity contribution in [2.45, 2.75) is 32.1 Å². The summed E-state index contributed by atoms with van der Waals surface area (Å²) in [4.78, 5) is 21.5. The van der Waals surface area contributed by atoms with Crippen LogP contribution in [0.25, 0.3) is 0 Å². The first-order chi connectivity index (χ1) is 5.29. The van der Waals surface area contributed by atoms with Crippen LogP contribution in [-0.4, -0.2) is 12.6 Å². The van der Waals surface area contributed by atoms with Crippen molar-refractivity contribution >= 4 is 12.6 Å². The molecule has 0 aromatic rings. The molecule has 0 bridgehead atoms. The predicted octanol–water partition coefficient (Wildman–Crippen LogP) is 1.33. The first-order valence-corrected chi connectivity index (χ1v) is 4.21. The number of carbonyl (C=O) groups is 2. The Bertz CT molecular complexity index is 190. The van der Waals surface area contributed by atoms with Gasteiger partial charge in [0.2, 0.25) is 0 Å². The fourth-order valence-corrected chi connectivity index (χ4v) is 2.51. The fourth-order valence-electron chi connectivity index (χ4n) is 2.51. The molecule has 0 aromatic carbocycles. The van der Waals surface area contributed by atoms with Gasteiger partial charge in [-0.3, -0.25) is 0 Å². The van der Waals surface area contributed by atoms with Crippen LogP contribution in [-0.2, 0) is 9.59 Å². The fraction of sp³-hybridized carbons (Fsp3) is 0.778. The predicted molar refractivity (Wildman–Crippen MR) is 40.1 cm³/mol. The van der Waals surface area contributed by atoms with E-state index >= 15 is 0 Å². The van der Waals surface area contributed by atoms with Gasteiger partial charge in [-0.1, -0.05) is 12.8 Å². The first-order valence-electron chi connectivity index (χ1n) is 4.21. The van der Waals surface area contributed by atoms with Gasteiger partial charge in [0.05, 0.1) is 0 Å². The topological polar surface area (TPSA) is 34.1 Å². The highest BCUT2D eigenvalue weighted by Crippen LogP contribution is 2.68. The Labute approximate surface area is 66.0 Å². The van der Waals surface area contributed by atoms with Crippen molar-refractivity contribution in [3.8, 4) is 0 Å². The molecule has 2 nitrogen and oxygen atoms in total. The lowest BCUT2D eigenvalue weighted by Gasteiger charge is -2.21. The summed E-state index contributed by atoms with van der Waals surface area (Å²) in [6.45, 7) is 0. The van der Waals surface area contributed by atoms with Crippen LogP contribution in [0.15, 0.2) is 0 Å². The Morgan fingerprint density at radius 3 is 1.73 bits per heavy atom. The number of rotatable bonds is 2. The zero-order chi connectivity index (χ0) is 7.95. The van der Waals surface area contributed by atoms with Crippen LogP contribution in [0.3, 0.4) is 0 Å². The molecule has 2 aliphatic rings. The molecule has 2 heteroatoms. The molecule has 0 aliphatic heterocycles. The van der Waals surface area contributed by atoms with Gasteiger partial charge in [-0.2, -0.15) is 0 Å². The van der Waals surface area contributed by atoms with E-state index in [2.05, 4.69) is 0 Å². The van der Waals surface area contributed by atoms with Gasteiger partial charge >= 0.3 is 0 Å². The third kappa shape index (κ3) is 0.673. The second kappa shape index (κ2) is 1.93. The molecule has 0 radical (unpaired) electrons. The summed E-state index contributed by atoms with van der Waals surface area (Å²) < 4.78 is 0. The summed E-state index contributed by atoms with van der Waals surface area (Å²) in [5.74, 6) is 0. The van der Waals surface area contributed by atoms with Crippen LogP contribution in [0, 0.1) is 10.8 Å². The normalized spacial score (nSPS) is 47.6. The summed E-state index contributed by atoms with van der Waals surface area (Å²) in [6, 6.07) is 0. The molecule has 2 rings (SSSR count). The van der Waals surface area contributed by atoms with Gasteiger partial charge in [-0.25, -0.2) is 0 Å². The van der Waals surface area contributed by atoms with Gasteiger partial charge in [-0.15, -0.1) is 0 Å². The maximum absolute atomic E-state index is 10.7. The highest BCUT2D eigenvalue weighted by molar-refractivity contribution is 5.81. The molecule has 2 saturated carbocycles. The van der Waals surface area contributed by atoms with E-state index in [1.54, 1.807) is 0 Å². The molecule has 0 saturated heterocycles. The summed E-state index contributed by atoms with van der Waals surface area (Å²) in [6.07, 6.45) is 6.97. The quantitative estimate of drug-likeness (QED) is 0.559. The summed E-state index contributed by atoms with van der Waals surface area (Å²) in [5.41, 5.74) is -0.431. The molecule has 0 N–H and O–H groups in total. The zero-order valence-corrected chi connectivity index (χ0v) is 6.51. The van der Waals surface area contributed by atoms with Crippen molar-refractivity contribution in [3.63, 3.8) is 0 Å². The van der Waals surface area contributed by atoms with Crippen LogP contribution < -0.4 is 0 Å². The minimum atomic E-state index is -0.215. The Hall–Kier alpha value is -0.660. The van der Waals surface area contributed by atoms with E-state index in [-0.39, 0.29) is 10.8 Å². The highest BCUT2D eigenvalue weighted by Gasteiger charge is 2.68. The van der Waals surface area contributed by atoms with Crippen LogP contribution in [0.4, 0.5) is 0 Å². The van der Waals surface area contributed by atoms with Crippen molar-refractivity contribution in [1.82, 2.24) is 0 Å². The molecule has 2 atom stereocenters. The summed E-state index contributed by atoms with van der Waals surface area (Å²) >= 11 is 0. The minimum absolute atomic E-state index is 0.215. The van der Waals surface area contributed by atoms with E-state index in [4.69, 9.17) is 0 Å². The third-order valence-corrected chi connectivity index (χ3v) is 3.44. The molecule has 2 fully saturated rings. The van der Waals surface area contributed by atoms with Crippen molar-refractivity contribution in [2.75, 3.05) is 0 Å². The lowest BCUT2D eigenvalue weighted by molar-refractivity contribution is -0.120. The Kier molecular flexibility index (Phi) is 1.23. The van der Waals surface area contributed by atoms with Crippen LogP contribution in [0.1, 0.15) is 32.1 Å². The SMILES string of the molecule is O=CC12CCCCC1(C=O)C2. The Morgan fingerprint density at radius 2 is 1.36 bits per heavy atom. The highest BCUT2D eigenvalue weighted by atomic mass is 16.1. The van der Waals surface area contributed by atoms with Crippen LogP contribution in [0.5, 0.6) is 0 Å². The molecular formula is C9H12O2. The summed E-state index contributed by atoms with van der Waals surface area (Å²) in [7, 11) is 0. The standard InChI is InChI=1S/C9H12O2/c10-6-8-3-1-2-4-9(8,5-8)7-11/h6-7H,1-5H2. The maximum Gasteiger partial charge on any atom is 0.127 e.